The second kappa shape index (κ2) is 5.85. The first-order valence-electron chi connectivity index (χ1n) is 7.50. The molecule has 114 valence electrons. The van der Waals surface area contributed by atoms with Crippen LogP contribution in [0.25, 0.3) is 0 Å². The number of amides is 1. The van der Waals surface area contributed by atoms with Crippen LogP contribution in [0.1, 0.15) is 25.3 Å². The van der Waals surface area contributed by atoms with Crippen LogP contribution < -0.4 is 5.32 Å². The Balaban J connectivity index is 1.83. The number of hydrogen-bond donors (Lipinski definition) is 1. The molecule has 2 heterocycles. The molecular formula is C16H21ClN2O2. The smallest absolute Gasteiger partial charge is 0.410 e. The summed E-state index contributed by atoms with van der Waals surface area (Å²) in [7, 11) is 0. The summed E-state index contributed by atoms with van der Waals surface area (Å²) in [6.45, 7) is 5.15. The molecule has 0 radical (unpaired) electrons. The highest BCUT2D eigenvalue weighted by Gasteiger charge is 2.48. The van der Waals surface area contributed by atoms with Gasteiger partial charge in [-0.1, -0.05) is 29.8 Å². The number of hydrogen-bond acceptors (Lipinski definition) is 3. The van der Waals surface area contributed by atoms with Crippen molar-refractivity contribution in [2.24, 2.45) is 5.92 Å². The van der Waals surface area contributed by atoms with E-state index in [4.69, 9.17) is 16.3 Å². The Labute approximate surface area is 130 Å². The number of cyclic esters (lactones) is 1. The third-order valence-electron chi connectivity index (χ3n) is 4.83. The molecular weight excluding hydrogens is 288 g/mol. The van der Waals surface area contributed by atoms with Crippen molar-refractivity contribution >= 4 is 17.7 Å². The second-order valence-electron chi connectivity index (χ2n) is 6.11. The minimum Gasteiger partial charge on any atom is -0.447 e. The highest BCUT2D eigenvalue weighted by Crippen LogP contribution is 2.37. The van der Waals surface area contributed by atoms with E-state index in [1.807, 2.05) is 29.2 Å². The van der Waals surface area contributed by atoms with E-state index in [1.165, 1.54) is 0 Å². The Kier molecular flexibility index (Phi) is 4.09. The quantitative estimate of drug-likeness (QED) is 0.933. The highest BCUT2D eigenvalue weighted by atomic mass is 35.5. The molecule has 1 amide bonds. The van der Waals surface area contributed by atoms with Gasteiger partial charge in [-0.15, -0.1) is 0 Å². The number of ether oxygens (including phenoxy) is 1. The van der Waals surface area contributed by atoms with Crippen molar-refractivity contribution in [2.45, 2.75) is 31.8 Å². The summed E-state index contributed by atoms with van der Waals surface area (Å²) in [6.07, 6.45) is 1.93. The number of carbonyl (C=O) groups is 1. The first kappa shape index (κ1) is 14.7. The number of rotatable bonds is 3. The van der Waals surface area contributed by atoms with Gasteiger partial charge in [-0.2, -0.15) is 0 Å². The van der Waals surface area contributed by atoms with Gasteiger partial charge in [-0.25, -0.2) is 4.79 Å². The summed E-state index contributed by atoms with van der Waals surface area (Å²) in [5.74, 6) is 0.465. The van der Waals surface area contributed by atoms with Crippen LogP contribution in [0.3, 0.4) is 0 Å². The summed E-state index contributed by atoms with van der Waals surface area (Å²) < 4.78 is 5.37. The fourth-order valence-corrected chi connectivity index (χ4v) is 3.59. The van der Waals surface area contributed by atoms with Gasteiger partial charge in [0.15, 0.2) is 0 Å². The predicted octanol–water partition coefficient (Wildman–Crippen LogP) is 3.05. The Hall–Kier alpha value is -1.26. The molecule has 1 aromatic rings. The molecule has 4 nitrogen and oxygen atoms in total. The number of halogens is 1. The predicted molar refractivity (Wildman–Crippen MR) is 82.3 cm³/mol. The van der Waals surface area contributed by atoms with E-state index in [0.29, 0.717) is 24.1 Å². The second-order valence-corrected chi connectivity index (χ2v) is 6.52. The van der Waals surface area contributed by atoms with Crippen LogP contribution >= 0.6 is 11.6 Å². The summed E-state index contributed by atoms with van der Waals surface area (Å²) in [6, 6.07) is 7.68. The molecule has 2 fully saturated rings. The topological polar surface area (TPSA) is 41.6 Å². The maximum absolute atomic E-state index is 12.2. The molecule has 1 aromatic carbocycles. The summed E-state index contributed by atoms with van der Waals surface area (Å²) >= 11 is 6.24. The molecule has 1 atom stereocenters. The van der Waals surface area contributed by atoms with Crippen molar-refractivity contribution in [2.75, 3.05) is 19.7 Å². The Morgan fingerprint density at radius 2 is 2.10 bits per heavy atom. The molecule has 0 bridgehead atoms. The summed E-state index contributed by atoms with van der Waals surface area (Å²) in [4.78, 5) is 14.1. The van der Waals surface area contributed by atoms with Crippen LogP contribution in [0.4, 0.5) is 4.79 Å². The lowest BCUT2D eigenvalue weighted by Crippen LogP contribution is -2.52. The van der Waals surface area contributed by atoms with Crippen molar-refractivity contribution in [3.8, 4) is 0 Å². The number of nitrogens with zero attached hydrogens (tertiary/aromatic N) is 1. The Morgan fingerprint density at radius 1 is 1.38 bits per heavy atom. The lowest BCUT2D eigenvalue weighted by Gasteiger charge is -2.41. The lowest BCUT2D eigenvalue weighted by atomic mass is 9.79. The molecule has 0 aromatic heterocycles. The molecule has 0 spiro atoms. The van der Waals surface area contributed by atoms with Gasteiger partial charge < -0.3 is 10.1 Å². The zero-order valence-corrected chi connectivity index (χ0v) is 13.0. The maximum Gasteiger partial charge on any atom is 0.410 e. The van der Waals surface area contributed by atoms with Gasteiger partial charge in [0.1, 0.15) is 6.61 Å². The van der Waals surface area contributed by atoms with Crippen molar-refractivity contribution in [3.05, 3.63) is 34.9 Å². The zero-order chi connectivity index (χ0) is 14.9. The van der Waals surface area contributed by atoms with E-state index >= 15 is 0 Å². The normalized spacial score (nSPS) is 27.0. The van der Waals surface area contributed by atoms with E-state index in [9.17, 15) is 4.79 Å². The monoisotopic (exact) mass is 308 g/mol. The molecule has 1 N–H and O–H groups in total. The van der Waals surface area contributed by atoms with Gasteiger partial charge in [-0.05, 0) is 50.4 Å². The van der Waals surface area contributed by atoms with Crippen LogP contribution in [0.2, 0.25) is 5.02 Å². The van der Waals surface area contributed by atoms with Crippen molar-refractivity contribution < 1.29 is 9.53 Å². The van der Waals surface area contributed by atoms with Crippen molar-refractivity contribution in [1.82, 2.24) is 10.2 Å². The first-order chi connectivity index (χ1) is 10.1. The average Bonchev–Trinajstić information content (AvgIpc) is 2.80. The van der Waals surface area contributed by atoms with Crippen molar-refractivity contribution in [1.29, 1.82) is 0 Å². The minimum atomic E-state index is -0.238. The van der Waals surface area contributed by atoms with Gasteiger partial charge in [0, 0.05) is 5.02 Å². The van der Waals surface area contributed by atoms with Crippen molar-refractivity contribution in [3.63, 3.8) is 0 Å². The number of carbonyl (C=O) groups excluding carboxylic acids is 1. The standard InChI is InChI=1S/C16H21ClN2O2/c1-16(13-6-8-18-9-7-13)11-21-15(20)19(16)10-12-4-2-3-5-14(12)17/h2-5,13,18H,6-11H2,1H3. The average molecular weight is 309 g/mol. The summed E-state index contributed by atoms with van der Waals surface area (Å²) in [5, 5.41) is 4.07. The molecule has 2 saturated heterocycles. The largest absolute Gasteiger partial charge is 0.447 e. The SMILES string of the molecule is CC1(C2CCNCC2)COC(=O)N1Cc1ccccc1Cl. The molecule has 2 aliphatic heterocycles. The summed E-state index contributed by atoms with van der Waals surface area (Å²) in [5.41, 5.74) is 0.733. The van der Waals surface area contributed by atoms with E-state index in [-0.39, 0.29) is 11.6 Å². The Morgan fingerprint density at radius 3 is 2.81 bits per heavy atom. The maximum atomic E-state index is 12.2. The van der Waals surface area contributed by atoms with Crippen LogP contribution in [0.5, 0.6) is 0 Å². The fraction of sp³-hybridized carbons (Fsp3) is 0.562. The first-order valence-corrected chi connectivity index (χ1v) is 7.87. The molecule has 1 unspecified atom stereocenters. The molecule has 3 rings (SSSR count). The van der Waals surface area contributed by atoms with Gasteiger partial charge in [0.2, 0.25) is 0 Å². The van der Waals surface area contributed by atoms with Gasteiger partial charge in [0.05, 0.1) is 12.1 Å². The third-order valence-corrected chi connectivity index (χ3v) is 5.20. The van der Waals surface area contributed by atoms with Crippen LogP contribution in [-0.4, -0.2) is 36.2 Å². The number of benzene rings is 1. The highest BCUT2D eigenvalue weighted by molar-refractivity contribution is 6.31. The minimum absolute atomic E-state index is 0.226. The fourth-order valence-electron chi connectivity index (χ4n) is 3.40. The number of piperidine rings is 1. The van der Waals surface area contributed by atoms with Crippen LogP contribution in [0, 0.1) is 5.92 Å². The molecule has 21 heavy (non-hydrogen) atoms. The Bertz CT molecular complexity index is 531. The third kappa shape index (κ3) is 2.74. The lowest BCUT2D eigenvalue weighted by molar-refractivity contribution is 0.0890. The van der Waals surface area contributed by atoms with Crippen LogP contribution in [0.15, 0.2) is 24.3 Å². The van der Waals surface area contributed by atoms with E-state index in [1.54, 1.807) is 0 Å². The van der Waals surface area contributed by atoms with E-state index < -0.39 is 0 Å². The molecule has 2 aliphatic rings. The van der Waals surface area contributed by atoms with E-state index in [0.717, 1.165) is 31.5 Å². The van der Waals surface area contributed by atoms with Crippen LogP contribution in [-0.2, 0) is 11.3 Å². The molecule has 0 saturated carbocycles. The van der Waals surface area contributed by atoms with E-state index in [2.05, 4.69) is 12.2 Å². The molecule has 5 heteroatoms. The van der Waals surface area contributed by atoms with Gasteiger partial charge >= 0.3 is 6.09 Å². The number of nitrogens with one attached hydrogen (secondary N) is 1. The van der Waals surface area contributed by atoms with Gasteiger partial charge in [-0.3, -0.25) is 4.90 Å². The zero-order valence-electron chi connectivity index (χ0n) is 12.3. The molecule has 0 aliphatic carbocycles. The van der Waals surface area contributed by atoms with Gasteiger partial charge in [0.25, 0.3) is 0 Å².